The van der Waals surface area contributed by atoms with Crippen molar-refractivity contribution in [3.8, 4) is 11.1 Å². The van der Waals surface area contributed by atoms with Crippen molar-refractivity contribution in [2.75, 3.05) is 18.4 Å². The number of nitrogens with zero attached hydrogens (tertiary/aromatic N) is 3. The number of anilines is 1. The van der Waals surface area contributed by atoms with Crippen LogP contribution < -0.4 is 10.6 Å². The number of hydrogen-bond donors (Lipinski definition) is 3. The first kappa shape index (κ1) is 21.1. The third-order valence-electron chi connectivity index (χ3n) is 5.49. The number of carbonyl (C=O) groups is 1. The highest BCUT2D eigenvalue weighted by molar-refractivity contribution is 7.19. The van der Waals surface area contributed by atoms with E-state index < -0.39 is 0 Å². The van der Waals surface area contributed by atoms with E-state index >= 15 is 0 Å². The van der Waals surface area contributed by atoms with Gasteiger partial charge in [0.15, 0.2) is 0 Å². The quantitative estimate of drug-likeness (QED) is 0.314. The fourth-order valence-corrected chi connectivity index (χ4v) is 4.97. The molecule has 0 atom stereocenters. The largest absolute Gasteiger partial charge is 0.369 e. The number of imidazole rings is 1. The molecule has 0 aliphatic heterocycles. The van der Waals surface area contributed by atoms with Crippen LogP contribution in [0.2, 0.25) is 0 Å². The molecule has 8 heteroatoms. The maximum absolute atomic E-state index is 12.3. The Morgan fingerprint density at radius 2 is 1.85 bits per heavy atom. The van der Waals surface area contributed by atoms with Crippen LogP contribution in [0.15, 0.2) is 60.9 Å². The molecule has 3 heterocycles. The molecule has 0 aliphatic rings. The molecule has 0 unspecified atom stereocenters. The van der Waals surface area contributed by atoms with Gasteiger partial charge in [-0.05, 0) is 24.6 Å². The lowest BCUT2D eigenvalue weighted by Gasteiger charge is -2.09. The number of thiophene rings is 1. The third kappa shape index (κ3) is 4.56. The second-order valence-corrected chi connectivity index (χ2v) is 8.98. The van der Waals surface area contributed by atoms with Crippen LogP contribution in [0.4, 0.5) is 5.82 Å². The zero-order valence-electron chi connectivity index (χ0n) is 18.3. The van der Waals surface area contributed by atoms with Crippen LogP contribution in [-0.2, 0) is 11.2 Å². The first-order valence-corrected chi connectivity index (χ1v) is 11.7. The fourth-order valence-electron chi connectivity index (χ4n) is 3.96. The van der Waals surface area contributed by atoms with Crippen molar-refractivity contribution < 1.29 is 4.79 Å². The normalized spacial score (nSPS) is 11.2. The van der Waals surface area contributed by atoms with Crippen molar-refractivity contribution in [2.24, 2.45) is 0 Å². The van der Waals surface area contributed by atoms with Crippen LogP contribution in [0.25, 0.3) is 32.4 Å². The van der Waals surface area contributed by atoms with E-state index in [9.17, 15) is 4.79 Å². The van der Waals surface area contributed by atoms with Crippen LogP contribution in [0.5, 0.6) is 0 Å². The number of H-pyrrole nitrogens is 1. The zero-order valence-corrected chi connectivity index (χ0v) is 19.1. The molecule has 3 aromatic heterocycles. The van der Waals surface area contributed by atoms with Crippen molar-refractivity contribution in [3.05, 3.63) is 71.6 Å². The zero-order chi connectivity index (χ0) is 22.6. The molecule has 2 aromatic carbocycles. The molecule has 7 nitrogen and oxygen atoms in total. The minimum Gasteiger partial charge on any atom is -0.369 e. The van der Waals surface area contributed by atoms with Crippen LogP contribution in [0, 0.1) is 6.92 Å². The van der Waals surface area contributed by atoms with Crippen molar-refractivity contribution in [1.82, 2.24) is 25.3 Å². The SMILES string of the molecule is Cc1sc2ncnc(NCCC(=O)NCCc3nc4ccccc4[nH]3)c2c1-c1ccccc1. The van der Waals surface area contributed by atoms with Crippen molar-refractivity contribution >= 4 is 44.3 Å². The van der Waals surface area contributed by atoms with E-state index in [0.29, 0.717) is 25.9 Å². The molecule has 0 saturated carbocycles. The van der Waals surface area contributed by atoms with E-state index in [1.807, 2.05) is 42.5 Å². The van der Waals surface area contributed by atoms with Gasteiger partial charge in [0.25, 0.3) is 0 Å². The third-order valence-corrected chi connectivity index (χ3v) is 6.51. The van der Waals surface area contributed by atoms with E-state index in [1.54, 1.807) is 17.7 Å². The maximum atomic E-state index is 12.3. The second kappa shape index (κ2) is 9.38. The molecule has 0 saturated heterocycles. The average molecular weight is 457 g/mol. The van der Waals surface area contributed by atoms with E-state index in [1.165, 1.54) is 4.88 Å². The molecular formula is C25H24N6OS. The van der Waals surface area contributed by atoms with Crippen LogP contribution in [-0.4, -0.2) is 38.9 Å². The standard InChI is InChI=1S/C25H24N6OS/c1-16-22(17-7-3-2-4-8-17)23-24(28-15-29-25(23)33-16)27-14-12-21(32)26-13-11-20-30-18-9-5-6-10-19(18)31-20/h2-10,15H,11-14H2,1H3,(H,26,32)(H,30,31)(H,27,28,29). The number of aryl methyl sites for hydroxylation is 1. The summed E-state index contributed by atoms with van der Waals surface area (Å²) in [5, 5.41) is 7.33. The average Bonchev–Trinajstić information content (AvgIpc) is 3.39. The van der Waals surface area contributed by atoms with Gasteiger partial charge in [-0.1, -0.05) is 42.5 Å². The van der Waals surface area contributed by atoms with Crippen LogP contribution >= 0.6 is 11.3 Å². The minimum atomic E-state index is -0.00584. The number of para-hydroxylation sites is 2. The summed E-state index contributed by atoms with van der Waals surface area (Å²) < 4.78 is 0. The molecule has 0 bridgehead atoms. The van der Waals surface area contributed by atoms with Gasteiger partial charge in [0.05, 0.1) is 16.4 Å². The topological polar surface area (TPSA) is 95.6 Å². The molecule has 1 amide bonds. The highest BCUT2D eigenvalue weighted by Gasteiger charge is 2.16. The molecule has 0 radical (unpaired) electrons. The number of fused-ring (bicyclic) bond motifs is 2. The van der Waals surface area contributed by atoms with E-state index in [2.05, 4.69) is 49.6 Å². The van der Waals surface area contributed by atoms with Gasteiger partial charge in [0.1, 0.15) is 22.8 Å². The number of aromatic nitrogens is 4. The molecule has 166 valence electrons. The Hall–Kier alpha value is -3.78. The molecule has 5 rings (SSSR count). The van der Waals surface area contributed by atoms with E-state index in [0.717, 1.165) is 44.0 Å². The second-order valence-electron chi connectivity index (χ2n) is 7.78. The lowest BCUT2D eigenvalue weighted by atomic mass is 10.0. The molecular weight excluding hydrogens is 432 g/mol. The molecule has 0 spiro atoms. The number of benzene rings is 2. The lowest BCUT2D eigenvalue weighted by Crippen LogP contribution is -2.27. The number of hydrogen-bond acceptors (Lipinski definition) is 6. The summed E-state index contributed by atoms with van der Waals surface area (Å²) in [7, 11) is 0. The van der Waals surface area contributed by atoms with Crippen LogP contribution in [0.1, 0.15) is 17.1 Å². The smallest absolute Gasteiger partial charge is 0.221 e. The number of amides is 1. The monoisotopic (exact) mass is 456 g/mol. The molecule has 0 aliphatic carbocycles. The summed E-state index contributed by atoms with van der Waals surface area (Å²) in [4.78, 5) is 31.2. The number of rotatable bonds is 8. The molecule has 3 N–H and O–H groups in total. The van der Waals surface area contributed by atoms with Gasteiger partial charge in [-0.2, -0.15) is 0 Å². The summed E-state index contributed by atoms with van der Waals surface area (Å²) in [5.74, 6) is 1.63. The van der Waals surface area contributed by atoms with E-state index in [4.69, 9.17) is 0 Å². The Kier molecular flexibility index (Phi) is 5.99. The summed E-state index contributed by atoms with van der Waals surface area (Å²) in [5.41, 5.74) is 4.24. The van der Waals surface area contributed by atoms with Gasteiger partial charge in [-0.3, -0.25) is 4.79 Å². The number of aromatic amines is 1. The maximum Gasteiger partial charge on any atom is 0.221 e. The van der Waals surface area contributed by atoms with Crippen molar-refractivity contribution in [3.63, 3.8) is 0 Å². The highest BCUT2D eigenvalue weighted by atomic mass is 32.1. The Balaban J connectivity index is 1.19. The lowest BCUT2D eigenvalue weighted by molar-refractivity contribution is -0.120. The summed E-state index contributed by atoms with van der Waals surface area (Å²) >= 11 is 1.66. The number of carbonyl (C=O) groups excluding carboxylic acids is 1. The Morgan fingerprint density at radius 1 is 1.03 bits per heavy atom. The minimum absolute atomic E-state index is 0.00584. The van der Waals surface area contributed by atoms with E-state index in [-0.39, 0.29) is 5.91 Å². The first-order valence-electron chi connectivity index (χ1n) is 10.9. The fraction of sp³-hybridized carbons (Fsp3) is 0.200. The molecule has 0 fully saturated rings. The van der Waals surface area contributed by atoms with Gasteiger partial charge in [-0.15, -0.1) is 11.3 Å². The first-order chi connectivity index (χ1) is 16.2. The summed E-state index contributed by atoms with van der Waals surface area (Å²) in [6.45, 7) is 3.14. The molecule has 5 aromatic rings. The molecule has 33 heavy (non-hydrogen) atoms. The predicted octanol–water partition coefficient (Wildman–Crippen LogP) is 4.70. The summed E-state index contributed by atoms with van der Waals surface area (Å²) in [6, 6.07) is 18.2. The van der Waals surface area contributed by atoms with Crippen molar-refractivity contribution in [2.45, 2.75) is 19.8 Å². The van der Waals surface area contributed by atoms with Crippen LogP contribution in [0.3, 0.4) is 0 Å². The Bertz CT molecular complexity index is 1380. The van der Waals surface area contributed by atoms with Gasteiger partial charge < -0.3 is 15.6 Å². The van der Waals surface area contributed by atoms with Crippen molar-refractivity contribution in [1.29, 1.82) is 0 Å². The van der Waals surface area contributed by atoms with Gasteiger partial charge in [0.2, 0.25) is 5.91 Å². The Morgan fingerprint density at radius 3 is 2.70 bits per heavy atom. The highest BCUT2D eigenvalue weighted by Crippen LogP contribution is 2.40. The van der Waals surface area contributed by atoms with Gasteiger partial charge in [-0.25, -0.2) is 15.0 Å². The van der Waals surface area contributed by atoms with Gasteiger partial charge >= 0.3 is 0 Å². The Labute approximate surface area is 195 Å². The summed E-state index contributed by atoms with van der Waals surface area (Å²) in [6.07, 6.45) is 2.59. The predicted molar refractivity (Wildman–Crippen MR) is 134 cm³/mol. The van der Waals surface area contributed by atoms with Gasteiger partial charge in [0, 0.05) is 36.4 Å². The number of nitrogens with one attached hydrogen (secondary N) is 3.